The number of amides is 3. The summed E-state index contributed by atoms with van der Waals surface area (Å²) in [4.78, 5) is 47.6. The van der Waals surface area contributed by atoms with Crippen molar-refractivity contribution in [3.05, 3.63) is 29.8 Å². The lowest BCUT2D eigenvalue weighted by Crippen LogP contribution is -2.49. The second kappa shape index (κ2) is 8.84. The number of carboxylic acids is 1. The first-order chi connectivity index (χ1) is 12.4. The molecule has 0 fully saturated rings. The third-order valence-corrected chi connectivity index (χ3v) is 3.68. The van der Waals surface area contributed by atoms with Gasteiger partial charge in [-0.15, -0.1) is 0 Å². The Morgan fingerprint density at radius 2 is 1.96 bits per heavy atom. The first-order valence-corrected chi connectivity index (χ1v) is 8.18. The lowest BCUT2D eigenvalue weighted by Gasteiger charge is -2.20. The number of carbonyl (C=O) groups excluding carboxylic acids is 3. The maximum atomic E-state index is 12.5. The van der Waals surface area contributed by atoms with Crippen molar-refractivity contribution in [3.8, 4) is 5.75 Å². The van der Waals surface area contributed by atoms with Gasteiger partial charge in [-0.05, 0) is 19.1 Å². The fourth-order valence-electron chi connectivity index (χ4n) is 2.43. The van der Waals surface area contributed by atoms with Crippen molar-refractivity contribution in [2.24, 2.45) is 0 Å². The van der Waals surface area contributed by atoms with Gasteiger partial charge in [0, 0.05) is 13.0 Å². The predicted octanol–water partition coefficient (Wildman–Crippen LogP) is -0.337. The molecule has 0 unspecified atom stereocenters. The summed E-state index contributed by atoms with van der Waals surface area (Å²) < 4.78 is 5.61. The molecule has 0 radical (unpaired) electrons. The molecule has 2 rings (SSSR count). The quantitative estimate of drug-likeness (QED) is 0.568. The molecule has 9 nitrogen and oxygen atoms in total. The zero-order valence-electron chi connectivity index (χ0n) is 14.3. The van der Waals surface area contributed by atoms with Gasteiger partial charge in [0.05, 0.1) is 18.0 Å². The number of ether oxygens (including phenoxy) is 1. The van der Waals surface area contributed by atoms with Crippen LogP contribution in [-0.2, 0) is 14.4 Å². The second-order valence-electron chi connectivity index (χ2n) is 5.94. The molecule has 1 aromatic rings. The molecule has 4 N–H and O–H groups in total. The van der Waals surface area contributed by atoms with Gasteiger partial charge in [0.25, 0.3) is 5.91 Å². The number of fused-ring (bicyclic) bond motifs is 1. The summed E-state index contributed by atoms with van der Waals surface area (Å²) in [6, 6.07) is 4.84. The topological polar surface area (TPSA) is 134 Å². The summed E-state index contributed by atoms with van der Waals surface area (Å²) in [5.74, 6) is -2.52. The van der Waals surface area contributed by atoms with Crippen molar-refractivity contribution < 1.29 is 29.0 Å². The van der Waals surface area contributed by atoms with E-state index in [9.17, 15) is 19.2 Å². The molecule has 1 aliphatic heterocycles. The van der Waals surface area contributed by atoms with E-state index in [0.717, 1.165) is 0 Å². The molecule has 0 aliphatic carbocycles. The Hall–Kier alpha value is -3.10. The van der Waals surface area contributed by atoms with Crippen molar-refractivity contribution in [2.45, 2.75) is 31.8 Å². The number of aliphatic carboxylic acids is 1. The predicted molar refractivity (Wildman–Crippen MR) is 90.7 cm³/mol. The van der Waals surface area contributed by atoms with Crippen LogP contribution in [-0.4, -0.2) is 54.0 Å². The van der Waals surface area contributed by atoms with Crippen LogP contribution in [0.1, 0.15) is 30.1 Å². The van der Waals surface area contributed by atoms with Crippen LogP contribution >= 0.6 is 0 Å². The minimum Gasteiger partial charge on any atom is -0.491 e. The number of benzene rings is 1. The number of hydrogen-bond acceptors (Lipinski definition) is 5. The average Bonchev–Trinajstić information content (AvgIpc) is 2.58. The molecular weight excluding hydrogens is 342 g/mol. The number of nitrogens with one attached hydrogen (secondary N) is 3. The Kier molecular flexibility index (Phi) is 6.54. The van der Waals surface area contributed by atoms with E-state index in [1.165, 1.54) is 6.07 Å². The first kappa shape index (κ1) is 19.2. The minimum atomic E-state index is -1.27. The molecule has 0 spiro atoms. The Labute approximate surface area is 150 Å². The summed E-state index contributed by atoms with van der Waals surface area (Å²) in [7, 11) is 0. The number of para-hydroxylation sites is 1. The van der Waals surface area contributed by atoms with E-state index in [1.54, 1.807) is 25.1 Å². The van der Waals surface area contributed by atoms with Crippen LogP contribution in [0.2, 0.25) is 0 Å². The lowest BCUT2D eigenvalue weighted by molar-refractivity contribution is -0.139. The minimum absolute atomic E-state index is 0.0282. The van der Waals surface area contributed by atoms with Gasteiger partial charge in [-0.2, -0.15) is 0 Å². The van der Waals surface area contributed by atoms with Gasteiger partial charge in [-0.25, -0.2) is 0 Å². The van der Waals surface area contributed by atoms with Gasteiger partial charge in [-0.3, -0.25) is 19.2 Å². The molecule has 0 saturated heterocycles. The number of rotatable bonds is 2. The fourth-order valence-corrected chi connectivity index (χ4v) is 2.43. The van der Waals surface area contributed by atoms with Crippen molar-refractivity contribution >= 4 is 23.7 Å². The number of carboxylic acid groups (broad SMARTS) is 1. The lowest BCUT2D eigenvalue weighted by atomic mass is 10.1. The molecule has 1 aromatic carbocycles. The number of carbonyl (C=O) groups is 4. The van der Waals surface area contributed by atoms with E-state index in [4.69, 9.17) is 9.84 Å². The third kappa shape index (κ3) is 5.47. The standard InChI is InChI=1S/C17H21N3O6/c1-10-9-26-13-5-3-2-4-11(13)16(24)20-12(8-15(22)23)17(25)18-7-6-14(21)19-10/h2-5,10,12H,6-9H2,1H3,(H,18,25)(H,19,21)(H,20,24)(H,22,23)/t10-,12+/m1/s1. The van der Waals surface area contributed by atoms with Crippen LogP contribution in [0.5, 0.6) is 5.75 Å². The van der Waals surface area contributed by atoms with Crippen LogP contribution < -0.4 is 20.7 Å². The van der Waals surface area contributed by atoms with E-state index in [1.807, 2.05) is 0 Å². The van der Waals surface area contributed by atoms with E-state index >= 15 is 0 Å². The van der Waals surface area contributed by atoms with E-state index in [0.29, 0.717) is 0 Å². The third-order valence-electron chi connectivity index (χ3n) is 3.68. The summed E-state index contributed by atoms with van der Waals surface area (Å²) in [5, 5.41) is 16.6. The maximum absolute atomic E-state index is 12.5. The Morgan fingerprint density at radius 1 is 1.23 bits per heavy atom. The normalized spacial score (nSPS) is 22.0. The summed E-state index contributed by atoms with van der Waals surface area (Å²) in [5.41, 5.74) is 0.172. The molecule has 1 aliphatic rings. The molecule has 26 heavy (non-hydrogen) atoms. The molecule has 1 heterocycles. The first-order valence-electron chi connectivity index (χ1n) is 8.18. The van der Waals surface area contributed by atoms with Crippen LogP contribution in [0.25, 0.3) is 0 Å². The monoisotopic (exact) mass is 363 g/mol. The average molecular weight is 363 g/mol. The Balaban J connectivity index is 2.28. The van der Waals surface area contributed by atoms with E-state index < -0.39 is 30.2 Å². The van der Waals surface area contributed by atoms with Gasteiger partial charge in [0.2, 0.25) is 11.8 Å². The van der Waals surface area contributed by atoms with E-state index in [-0.39, 0.29) is 42.8 Å². The van der Waals surface area contributed by atoms with Gasteiger partial charge < -0.3 is 25.8 Å². The molecular formula is C17H21N3O6. The largest absolute Gasteiger partial charge is 0.491 e. The van der Waals surface area contributed by atoms with Gasteiger partial charge in [-0.1, -0.05) is 12.1 Å². The van der Waals surface area contributed by atoms with Gasteiger partial charge >= 0.3 is 5.97 Å². The number of hydrogen-bond donors (Lipinski definition) is 4. The van der Waals surface area contributed by atoms with Crippen LogP contribution in [0, 0.1) is 0 Å². The maximum Gasteiger partial charge on any atom is 0.305 e. The van der Waals surface area contributed by atoms with E-state index in [2.05, 4.69) is 16.0 Å². The zero-order chi connectivity index (χ0) is 19.1. The molecule has 0 bridgehead atoms. The van der Waals surface area contributed by atoms with Crippen LogP contribution in [0.4, 0.5) is 0 Å². The highest BCUT2D eigenvalue weighted by atomic mass is 16.5. The zero-order valence-corrected chi connectivity index (χ0v) is 14.3. The Bertz CT molecular complexity index is 705. The molecule has 0 saturated carbocycles. The van der Waals surface area contributed by atoms with Crippen molar-refractivity contribution in [2.75, 3.05) is 13.2 Å². The fraction of sp³-hybridized carbons (Fsp3) is 0.412. The second-order valence-corrected chi connectivity index (χ2v) is 5.94. The summed E-state index contributed by atoms with van der Waals surface area (Å²) >= 11 is 0. The van der Waals surface area contributed by atoms with Crippen molar-refractivity contribution in [3.63, 3.8) is 0 Å². The molecule has 9 heteroatoms. The summed E-state index contributed by atoms with van der Waals surface area (Å²) in [6.07, 6.45) is -0.551. The highest BCUT2D eigenvalue weighted by molar-refractivity contribution is 6.00. The molecule has 2 atom stereocenters. The SMILES string of the molecule is C[C@@H]1COc2ccccc2C(=O)N[C@@H](CC(=O)O)C(=O)NCCC(=O)N1. The molecule has 0 aromatic heterocycles. The van der Waals surface area contributed by atoms with Gasteiger partial charge in [0.1, 0.15) is 18.4 Å². The Morgan fingerprint density at radius 3 is 2.69 bits per heavy atom. The van der Waals surface area contributed by atoms with Crippen molar-refractivity contribution in [1.29, 1.82) is 0 Å². The highest BCUT2D eigenvalue weighted by Gasteiger charge is 2.26. The summed E-state index contributed by atoms with van der Waals surface area (Å²) in [6.45, 7) is 1.94. The van der Waals surface area contributed by atoms with Crippen LogP contribution in [0.15, 0.2) is 24.3 Å². The molecule has 140 valence electrons. The van der Waals surface area contributed by atoms with Crippen molar-refractivity contribution in [1.82, 2.24) is 16.0 Å². The smallest absolute Gasteiger partial charge is 0.305 e. The van der Waals surface area contributed by atoms with Gasteiger partial charge in [0.15, 0.2) is 0 Å². The highest BCUT2D eigenvalue weighted by Crippen LogP contribution is 2.18. The molecule has 3 amide bonds. The van der Waals surface area contributed by atoms with Crippen LogP contribution in [0.3, 0.4) is 0 Å².